The Bertz CT molecular complexity index is 583. The molecule has 0 unspecified atom stereocenters. The van der Waals surface area contributed by atoms with E-state index in [2.05, 4.69) is 68.1 Å². The Balaban J connectivity index is 2.68. The van der Waals surface area contributed by atoms with E-state index in [0.29, 0.717) is 10.8 Å². The zero-order valence-electron chi connectivity index (χ0n) is 15.3. The number of fused-ring (bicyclic) bond motifs is 1. The van der Waals surface area contributed by atoms with Crippen molar-refractivity contribution in [2.45, 2.75) is 73.1 Å². The second kappa shape index (κ2) is 5.15. The SMILES string of the molecule is C=[C](c1cc2c(cc1C)C(C)(C)CCC2(C)C)[Sn]([CH3])([CH3])[CH3]. The van der Waals surface area contributed by atoms with Crippen molar-refractivity contribution >= 4 is 22.0 Å². The molecule has 0 aromatic heterocycles. The van der Waals surface area contributed by atoms with E-state index in [1.54, 1.807) is 11.1 Å². The van der Waals surface area contributed by atoms with Crippen LogP contribution in [-0.4, -0.2) is 18.4 Å². The van der Waals surface area contributed by atoms with Gasteiger partial charge in [0.1, 0.15) is 0 Å². The molecule has 116 valence electrons. The summed E-state index contributed by atoms with van der Waals surface area (Å²) in [6, 6.07) is 4.96. The molecule has 1 heteroatoms. The van der Waals surface area contributed by atoms with Crippen molar-refractivity contribution in [2.75, 3.05) is 0 Å². The van der Waals surface area contributed by atoms with Gasteiger partial charge in [-0.3, -0.25) is 0 Å². The molecule has 0 amide bonds. The third-order valence-electron chi connectivity index (χ3n) is 5.43. The molecular weight excluding hydrogens is 359 g/mol. The van der Waals surface area contributed by atoms with Gasteiger partial charge in [0.2, 0.25) is 0 Å². The Hall–Kier alpha value is -0.241. The van der Waals surface area contributed by atoms with Crippen molar-refractivity contribution < 1.29 is 0 Å². The van der Waals surface area contributed by atoms with E-state index in [4.69, 9.17) is 0 Å². The van der Waals surface area contributed by atoms with Crippen LogP contribution in [0.3, 0.4) is 0 Å². The summed E-state index contributed by atoms with van der Waals surface area (Å²) >= 11 is -2.11. The Morgan fingerprint density at radius 2 is 1.38 bits per heavy atom. The zero-order valence-corrected chi connectivity index (χ0v) is 18.1. The molecule has 0 spiro atoms. The van der Waals surface area contributed by atoms with Crippen molar-refractivity contribution in [1.29, 1.82) is 0 Å². The summed E-state index contributed by atoms with van der Waals surface area (Å²) in [5.74, 6) is 0. The number of rotatable bonds is 2. The maximum absolute atomic E-state index is 4.48. The van der Waals surface area contributed by atoms with Crippen molar-refractivity contribution in [3.8, 4) is 0 Å². The van der Waals surface area contributed by atoms with E-state index in [1.165, 1.54) is 27.6 Å². The van der Waals surface area contributed by atoms with Gasteiger partial charge in [-0.05, 0) is 0 Å². The first-order chi connectivity index (χ1) is 9.36. The second-order valence-electron chi connectivity index (χ2n) is 9.21. The first-order valence-electron chi connectivity index (χ1n) is 8.22. The van der Waals surface area contributed by atoms with Crippen LogP contribution in [0.1, 0.15) is 62.8 Å². The van der Waals surface area contributed by atoms with Crippen LogP contribution in [0.2, 0.25) is 14.8 Å². The zero-order chi connectivity index (χ0) is 16.2. The van der Waals surface area contributed by atoms with E-state index >= 15 is 0 Å². The fourth-order valence-electron chi connectivity index (χ4n) is 3.45. The van der Waals surface area contributed by atoms with Crippen LogP contribution in [0.15, 0.2) is 18.7 Å². The van der Waals surface area contributed by atoms with Crippen LogP contribution in [0.4, 0.5) is 0 Å². The quantitative estimate of drug-likeness (QED) is 0.524. The molecule has 0 fully saturated rings. The van der Waals surface area contributed by atoms with Crippen LogP contribution in [-0.2, 0) is 10.8 Å². The average Bonchev–Trinajstić information content (AvgIpc) is 2.33. The average molecular weight is 391 g/mol. The van der Waals surface area contributed by atoms with E-state index in [1.807, 2.05) is 0 Å². The summed E-state index contributed by atoms with van der Waals surface area (Å²) in [6.07, 6.45) is 2.56. The van der Waals surface area contributed by atoms with Gasteiger partial charge in [0.05, 0.1) is 0 Å². The predicted octanol–water partition coefficient (Wildman–Crippen LogP) is 6.23. The Labute approximate surface area is 135 Å². The van der Waals surface area contributed by atoms with Gasteiger partial charge in [0.25, 0.3) is 0 Å². The van der Waals surface area contributed by atoms with Gasteiger partial charge in [0.15, 0.2) is 0 Å². The van der Waals surface area contributed by atoms with Crippen molar-refractivity contribution in [3.05, 3.63) is 41.0 Å². The van der Waals surface area contributed by atoms with Gasteiger partial charge >= 0.3 is 136 Å². The molecule has 2 rings (SSSR count). The third kappa shape index (κ3) is 3.11. The van der Waals surface area contributed by atoms with Crippen molar-refractivity contribution in [3.63, 3.8) is 0 Å². The van der Waals surface area contributed by atoms with Crippen molar-refractivity contribution in [1.82, 2.24) is 0 Å². The first kappa shape index (κ1) is 17.1. The fourth-order valence-corrected chi connectivity index (χ4v) is 6.53. The Morgan fingerprint density at radius 1 is 0.952 bits per heavy atom. The summed E-state index contributed by atoms with van der Waals surface area (Å²) in [6.45, 7) is 16.4. The van der Waals surface area contributed by atoms with Gasteiger partial charge in [-0.15, -0.1) is 0 Å². The molecule has 0 atom stereocenters. The monoisotopic (exact) mass is 392 g/mol. The Kier molecular flexibility index (Phi) is 4.19. The van der Waals surface area contributed by atoms with Crippen molar-refractivity contribution in [2.24, 2.45) is 0 Å². The topological polar surface area (TPSA) is 0 Å². The standard InChI is InChI=1S/C17H23.3CH3.Sn/c1-7-13-11-15-14(10-12(13)2)16(3,4)8-9-17(15,5)6;;;;/h10-11H,1,8-9H2,2-6H3;3*1H3;. The molecule has 1 aromatic carbocycles. The first-order valence-corrected chi connectivity index (χ1v) is 18.2. The van der Waals surface area contributed by atoms with Gasteiger partial charge in [0, 0.05) is 0 Å². The number of hydrogen-bond donors (Lipinski definition) is 0. The molecule has 21 heavy (non-hydrogen) atoms. The second-order valence-corrected chi connectivity index (χ2v) is 23.8. The predicted molar refractivity (Wildman–Crippen MR) is 98.8 cm³/mol. The molecule has 1 aliphatic carbocycles. The van der Waals surface area contributed by atoms with Gasteiger partial charge < -0.3 is 0 Å². The summed E-state index contributed by atoms with van der Waals surface area (Å²) in [4.78, 5) is 7.39. The normalized spacial score (nSPS) is 20.0. The van der Waals surface area contributed by atoms with Crippen LogP contribution in [0.25, 0.3) is 3.59 Å². The van der Waals surface area contributed by atoms with Crippen LogP contribution < -0.4 is 0 Å². The third-order valence-corrected chi connectivity index (χ3v) is 11.4. The van der Waals surface area contributed by atoms with E-state index < -0.39 is 18.4 Å². The number of benzene rings is 1. The van der Waals surface area contributed by atoms with Crippen LogP contribution in [0, 0.1) is 6.92 Å². The maximum atomic E-state index is 4.48. The minimum absolute atomic E-state index is 0.293. The van der Waals surface area contributed by atoms with E-state index in [-0.39, 0.29) is 0 Å². The molecule has 0 N–H and O–H groups in total. The molecule has 0 heterocycles. The Morgan fingerprint density at radius 3 is 1.81 bits per heavy atom. The fraction of sp³-hybridized carbons (Fsp3) is 0.600. The number of hydrogen-bond acceptors (Lipinski definition) is 0. The molecule has 0 radical (unpaired) electrons. The summed E-state index contributed by atoms with van der Waals surface area (Å²) in [5.41, 5.74) is 6.61. The minimum atomic E-state index is -2.11. The summed E-state index contributed by atoms with van der Waals surface area (Å²) in [5, 5.41) is 0. The molecule has 1 aromatic rings. The molecule has 0 nitrogen and oxygen atoms in total. The van der Waals surface area contributed by atoms with E-state index in [0.717, 1.165) is 0 Å². The molecule has 0 bridgehead atoms. The molecule has 0 saturated heterocycles. The van der Waals surface area contributed by atoms with Gasteiger partial charge in [-0.1, -0.05) is 0 Å². The molecule has 1 aliphatic rings. The molecule has 0 saturated carbocycles. The molecule has 0 aliphatic heterocycles. The number of aryl methyl sites for hydroxylation is 1. The van der Waals surface area contributed by atoms with Crippen LogP contribution in [0.5, 0.6) is 0 Å². The van der Waals surface area contributed by atoms with Gasteiger partial charge in [-0.25, -0.2) is 0 Å². The molecular formula is C20H32Sn. The van der Waals surface area contributed by atoms with E-state index in [9.17, 15) is 0 Å². The van der Waals surface area contributed by atoms with Crippen LogP contribution >= 0.6 is 0 Å². The van der Waals surface area contributed by atoms with Gasteiger partial charge in [-0.2, -0.15) is 0 Å². The summed E-state index contributed by atoms with van der Waals surface area (Å²) < 4.78 is 1.46. The summed E-state index contributed by atoms with van der Waals surface area (Å²) in [7, 11) is 0.